The predicted molar refractivity (Wildman–Crippen MR) is 63.9 cm³/mol. The summed E-state index contributed by atoms with van der Waals surface area (Å²) in [6, 6.07) is 0. The Bertz CT molecular complexity index is 1140. The van der Waals surface area contributed by atoms with Crippen LogP contribution < -0.4 is 0 Å². The second kappa shape index (κ2) is 91.8. The van der Waals surface area contributed by atoms with Crippen molar-refractivity contribution in [2.24, 2.45) is 0 Å². The molecule has 54 heavy (non-hydrogen) atoms. The van der Waals surface area contributed by atoms with Gasteiger partial charge >= 0.3 is 343 Å². The Morgan fingerprint density at radius 2 is 0.241 bits per heavy atom. The van der Waals surface area contributed by atoms with Crippen LogP contribution in [0.1, 0.15) is 0 Å². The van der Waals surface area contributed by atoms with Crippen LogP contribution in [0.4, 0.5) is 0 Å². The quantitative estimate of drug-likeness (QED) is 0.100. The van der Waals surface area contributed by atoms with Gasteiger partial charge in [-0.05, 0) is 0 Å². The third kappa shape index (κ3) is 15700. The number of hydrogen-bond donors (Lipinski definition) is 15. The van der Waals surface area contributed by atoms with Crippen molar-refractivity contribution < 1.29 is 366 Å². The molecule has 0 saturated heterocycles. The van der Waals surface area contributed by atoms with Crippen LogP contribution >= 0.6 is 8.17 Å². The molecular weight excluding hydrogens is 2890 g/mol. The van der Waals surface area contributed by atoms with Gasteiger partial charge in [-0.15, -0.1) is 0 Å². The van der Waals surface area contributed by atoms with E-state index < -0.39 is 220 Å². The summed E-state index contributed by atoms with van der Waals surface area (Å²) in [5.41, 5.74) is 0. The Morgan fingerprint density at radius 1 is 0.241 bits per heavy atom. The Morgan fingerprint density at radius 3 is 0.241 bits per heavy atom. The zero-order valence-corrected chi connectivity index (χ0v) is 58.9. The first-order chi connectivity index (χ1) is 22.5. The zero-order chi connectivity index (χ0) is 46.6. The van der Waals surface area contributed by atoms with Crippen LogP contribution in [0.25, 0.3) is 0 Å². The van der Waals surface area contributed by atoms with Crippen molar-refractivity contribution in [1.29, 1.82) is 0 Å². The van der Waals surface area contributed by atoms with Gasteiger partial charge in [-0.3, -0.25) is 0 Å². The Labute approximate surface area is 367 Å². The van der Waals surface area contributed by atoms with Crippen molar-refractivity contribution >= 4 is 8.17 Å². The van der Waals surface area contributed by atoms with Crippen LogP contribution in [0, 0.1) is 0 Å². The maximum atomic E-state index is 8.72. The second-order valence-corrected chi connectivity index (χ2v) is 21.7. The van der Waals surface area contributed by atoms with Gasteiger partial charge in [0.1, 0.15) is 0 Å². The van der Waals surface area contributed by atoms with Crippen LogP contribution in [0.3, 0.4) is 0 Å². The predicted octanol–water partition coefficient (Wildman–Crippen LogP) is -12.0. The van der Waals surface area contributed by atoms with Gasteiger partial charge in [0.25, 0.3) is 0 Å². The van der Waals surface area contributed by atoms with Crippen molar-refractivity contribution in [3.05, 3.63) is 0 Å². The van der Waals surface area contributed by atoms with Gasteiger partial charge in [-0.25, -0.2) is 0 Å². The average Bonchev–Trinajstić information content (AvgIpc) is 2.67. The van der Waals surface area contributed by atoms with Crippen molar-refractivity contribution in [2.45, 2.75) is 0 Å². The summed E-state index contributed by atoms with van der Waals surface area (Å²) in [7, 11) is -4.39. The fraction of sp³-hybridized carbons (Fsp3) is 0. The second-order valence-electron chi connectivity index (χ2n) is 2.99. The fourth-order valence-corrected chi connectivity index (χ4v) is 0. The number of rotatable bonds is 0. The van der Waals surface area contributed by atoms with Crippen molar-refractivity contribution in [3.8, 4) is 0 Å². The van der Waals surface area contributed by atoms with E-state index in [1.165, 1.54) is 0 Å². The Kier molecular flexibility index (Phi) is 172. The first-order valence-electron chi connectivity index (χ1n) is 6.81. The van der Waals surface area contributed by atoms with E-state index in [4.69, 9.17) is 142 Å². The normalized spacial score (nSPS) is 6.43. The van der Waals surface area contributed by atoms with Crippen LogP contribution in [0.5, 0.6) is 0 Å². The van der Waals surface area contributed by atoms with E-state index in [1.54, 1.807) is 0 Å². The van der Waals surface area contributed by atoms with E-state index in [2.05, 4.69) is 0 Å². The minimum atomic E-state index is -4.39. The van der Waals surface area contributed by atoms with E-state index in [1.807, 2.05) is 0 Å². The summed E-state index contributed by atoms with van der Waals surface area (Å²) in [4.78, 5) is 29.2. The fourth-order valence-electron chi connectivity index (χ4n) is 0. The molecule has 0 aliphatic rings. The zero-order valence-electron chi connectivity index (χ0n) is 22.9. The van der Waals surface area contributed by atoms with Gasteiger partial charge in [0, 0.05) is 0 Å². The van der Waals surface area contributed by atoms with Gasteiger partial charge in [-0.2, -0.15) is 19.6 Å². The Balaban J connectivity index is -0.0000000234. The molecule has 19 N–H and O–H groups in total. The molecule has 341 valence electrons. The van der Waals surface area contributed by atoms with E-state index in [0.29, 0.717) is 0 Å². The third-order valence-corrected chi connectivity index (χ3v) is 0. The first kappa shape index (κ1) is 101. The molecule has 0 atom stereocenters. The molecule has 0 spiro atoms. The summed E-state index contributed by atoms with van der Waals surface area (Å²) in [5.74, 6) is 0. The summed E-state index contributed by atoms with van der Waals surface area (Å²) in [5, 5.41) is 0. The monoisotopic (exact) mass is 2910 g/mol. The minimum absolute atomic E-state index is 0. The van der Waals surface area contributed by atoms with Crippen LogP contribution in [0.2, 0.25) is 0 Å². The standard InChI is InChI=1S/H4O4P.13H2O.24O.12W/c1-5(2,3)4;;;;;;;;;;;;;;;;;;;;;;;;;;;;;;;;;;;;;;;;;;;;;;;;;/h1-4H;13*1H2;;;;;;;;;;;;;;;;;;;;;;;;;;;;;;;;;;;;/q+1;;;;;;;;;;;;;;;;;;;;;;;;;;;;;;;;;;;;;;;11*+1/p-11. The molecule has 0 rings (SSSR count). The third-order valence-electron chi connectivity index (χ3n) is 0. The summed E-state index contributed by atoms with van der Waals surface area (Å²) < 4.78 is 288. The SMILES string of the molecule is O.O.O[P+](O)(O)O.[O]=[W](=[O])[OH].[O]=[W](=[O])[OH].[O]=[W](=[O])[OH].[O]=[W](=[O])[OH].[O]=[W](=[O])[OH].[O]=[W](=[O])[OH].[O]=[W](=[O])[OH].[O]=[W](=[O])[OH].[O]=[W](=[O])[OH].[O]=[W](=[O])[OH].[O]=[W](=[O])[OH].[O]=[W]=[O]. The van der Waals surface area contributed by atoms with Crippen molar-refractivity contribution in [3.63, 3.8) is 0 Å². The molecule has 0 aromatic rings. The molecule has 0 amide bonds. The van der Waals surface area contributed by atoms with Gasteiger partial charge < -0.3 is 11.0 Å². The van der Waals surface area contributed by atoms with Crippen molar-refractivity contribution in [1.82, 2.24) is 0 Å². The van der Waals surface area contributed by atoms with Gasteiger partial charge in [0.2, 0.25) is 0 Å². The molecule has 0 aromatic heterocycles. The molecule has 41 nitrogen and oxygen atoms in total. The van der Waals surface area contributed by atoms with E-state index in [9.17, 15) is 0 Å². The van der Waals surface area contributed by atoms with Crippen LogP contribution in [-0.4, -0.2) is 71.9 Å². The van der Waals surface area contributed by atoms with Crippen molar-refractivity contribution in [2.75, 3.05) is 0 Å². The van der Waals surface area contributed by atoms with E-state index >= 15 is 0 Å². The van der Waals surface area contributed by atoms with Gasteiger partial charge in [0.15, 0.2) is 0 Å². The molecule has 0 aromatic carbocycles. The molecule has 0 aliphatic heterocycles. The molecular formula is H19O41PW12+. The average molecular weight is 2910 g/mol. The summed E-state index contributed by atoms with van der Waals surface area (Å²) >= 11 is -46.6. The Hall–Kier alpha value is 3.21. The van der Waals surface area contributed by atoms with Crippen LogP contribution in [0.15, 0.2) is 0 Å². The topological polar surface area (TPSA) is 776 Å². The molecule has 0 aliphatic carbocycles. The number of hydrogen-bond acceptors (Lipinski definition) is 28. The van der Waals surface area contributed by atoms with Gasteiger partial charge in [-0.1, -0.05) is 0 Å². The van der Waals surface area contributed by atoms with E-state index in [0.717, 1.165) is 0 Å². The molecule has 54 heteroatoms. The maximum absolute atomic E-state index is 8.72. The molecule has 0 heterocycles. The molecule has 0 fully saturated rings. The first-order valence-corrected chi connectivity index (χ1v) is 51.6. The van der Waals surface area contributed by atoms with E-state index in [-0.39, 0.29) is 11.0 Å². The summed E-state index contributed by atoms with van der Waals surface area (Å²) in [6.07, 6.45) is 0. The summed E-state index contributed by atoms with van der Waals surface area (Å²) in [6.45, 7) is 0. The van der Waals surface area contributed by atoms with Crippen LogP contribution in [-0.2, 0) is 294 Å². The molecule has 0 bridgehead atoms. The molecule has 0 unspecified atom stereocenters. The molecule has 0 saturated carbocycles. The van der Waals surface area contributed by atoms with Gasteiger partial charge in [0.05, 0.1) is 0 Å². The molecule has 0 radical (unpaired) electrons.